The van der Waals surface area contributed by atoms with Crippen LogP contribution < -0.4 is 0 Å². The first-order valence-electron chi connectivity index (χ1n) is 7.65. The van der Waals surface area contributed by atoms with E-state index in [9.17, 15) is 21.6 Å². The number of nitrogens with zero attached hydrogens (tertiary/aromatic N) is 1. The Balaban J connectivity index is 2.13. The average molecular weight is 406 g/mol. The van der Waals surface area contributed by atoms with E-state index < -0.39 is 35.1 Å². The highest BCUT2D eigenvalue weighted by molar-refractivity contribution is 7.89. The second kappa shape index (κ2) is 6.84. The van der Waals surface area contributed by atoms with Crippen LogP contribution in [0, 0.1) is 6.92 Å². The van der Waals surface area contributed by atoms with Crippen molar-refractivity contribution in [2.24, 2.45) is 0 Å². The highest BCUT2D eigenvalue weighted by Crippen LogP contribution is 2.43. The number of rotatable bonds is 3. The predicted molar refractivity (Wildman–Crippen MR) is 90.2 cm³/mol. The van der Waals surface area contributed by atoms with Crippen LogP contribution in [0.2, 0.25) is 5.02 Å². The molecule has 2 aromatic carbocycles. The van der Waals surface area contributed by atoms with Crippen molar-refractivity contribution in [3.05, 3.63) is 64.7 Å². The van der Waals surface area contributed by atoms with Gasteiger partial charge in [0.2, 0.25) is 10.0 Å². The molecule has 0 unspecified atom stereocenters. The minimum atomic E-state index is -4.78. The van der Waals surface area contributed by atoms with Gasteiger partial charge in [0.05, 0.1) is 11.5 Å². The van der Waals surface area contributed by atoms with Crippen molar-refractivity contribution < 1.29 is 26.3 Å². The molecule has 4 nitrogen and oxygen atoms in total. The Morgan fingerprint density at radius 3 is 2.31 bits per heavy atom. The van der Waals surface area contributed by atoms with E-state index in [1.54, 1.807) is 19.1 Å². The minimum Gasteiger partial charge on any atom is -0.356 e. The number of halogens is 4. The lowest BCUT2D eigenvalue weighted by molar-refractivity contribution is -0.164. The first-order chi connectivity index (χ1) is 12.1. The molecule has 0 saturated carbocycles. The Kier molecular flexibility index (Phi) is 5.04. The lowest BCUT2D eigenvalue weighted by Crippen LogP contribution is -2.46. The fourth-order valence-electron chi connectivity index (χ4n) is 2.76. The molecule has 1 aliphatic heterocycles. The molecule has 1 heterocycles. The fraction of sp³-hybridized carbons (Fsp3) is 0.294. The molecule has 2 aromatic rings. The van der Waals surface area contributed by atoms with Crippen LogP contribution in [-0.4, -0.2) is 31.5 Å². The summed E-state index contributed by atoms with van der Waals surface area (Å²) < 4.78 is 72.1. The summed E-state index contributed by atoms with van der Waals surface area (Å²) in [5.74, 6) is 0. The molecule has 0 aromatic heterocycles. The zero-order valence-corrected chi connectivity index (χ0v) is 15.1. The van der Waals surface area contributed by atoms with E-state index in [2.05, 4.69) is 0 Å². The third kappa shape index (κ3) is 3.46. The second-order valence-corrected chi connectivity index (χ2v) is 8.16. The Morgan fingerprint density at radius 1 is 1.12 bits per heavy atom. The molecule has 0 bridgehead atoms. The van der Waals surface area contributed by atoms with Gasteiger partial charge in [-0.25, -0.2) is 8.42 Å². The molecule has 9 heteroatoms. The van der Waals surface area contributed by atoms with Crippen LogP contribution in [-0.2, 0) is 14.8 Å². The SMILES string of the molecule is Cc1ccc(S(=O)(=O)N2[C@@H](c3ccccc3Cl)OC[C@H]2C(F)(F)F)cc1. The van der Waals surface area contributed by atoms with E-state index in [0.29, 0.717) is 4.31 Å². The van der Waals surface area contributed by atoms with Gasteiger partial charge in [0.25, 0.3) is 0 Å². The monoisotopic (exact) mass is 405 g/mol. The van der Waals surface area contributed by atoms with Crippen LogP contribution in [0.25, 0.3) is 0 Å². The fourth-order valence-corrected chi connectivity index (χ4v) is 4.65. The Labute approximate surface area is 154 Å². The van der Waals surface area contributed by atoms with Gasteiger partial charge >= 0.3 is 6.18 Å². The molecular formula is C17H15ClF3NO3S. The molecule has 1 saturated heterocycles. The maximum atomic E-state index is 13.5. The summed E-state index contributed by atoms with van der Waals surface area (Å²) in [6.45, 7) is 0.949. The zero-order chi connectivity index (χ0) is 19.1. The normalized spacial score (nSPS) is 21.9. The smallest absolute Gasteiger partial charge is 0.356 e. The molecule has 0 aliphatic carbocycles. The van der Waals surface area contributed by atoms with Crippen molar-refractivity contribution in [3.8, 4) is 0 Å². The Morgan fingerprint density at radius 2 is 1.73 bits per heavy atom. The maximum Gasteiger partial charge on any atom is 0.407 e. The van der Waals surface area contributed by atoms with E-state index in [4.69, 9.17) is 16.3 Å². The van der Waals surface area contributed by atoms with E-state index in [-0.39, 0.29) is 15.5 Å². The maximum absolute atomic E-state index is 13.5. The van der Waals surface area contributed by atoms with Gasteiger partial charge in [0.15, 0.2) is 6.23 Å². The van der Waals surface area contributed by atoms with Crippen LogP contribution in [0.1, 0.15) is 17.4 Å². The minimum absolute atomic E-state index is 0.129. The summed E-state index contributed by atoms with van der Waals surface area (Å²) in [5, 5.41) is 0.129. The number of hydrogen-bond acceptors (Lipinski definition) is 3. The molecule has 0 amide bonds. The van der Waals surface area contributed by atoms with E-state index in [1.165, 1.54) is 36.4 Å². The summed E-state index contributed by atoms with van der Waals surface area (Å²) in [5.41, 5.74) is 0.952. The second-order valence-electron chi connectivity index (χ2n) is 5.91. The topological polar surface area (TPSA) is 46.6 Å². The molecule has 0 radical (unpaired) electrons. The number of ether oxygens (including phenoxy) is 1. The summed E-state index contributed by atoms with van der Waals surface area (Å²) in [4.78, 5) is -0.236. The lowest BCUT2D eigenvalue weighted by Gasteiger charge is -2.29. The Hall–Kier alpha value is -1.61. The van der Waals surface area contributed by atoms with Gasteiger partial charge < -0.3 is 4.74 Å². The van der Waals surface area contributed by atoms with E-state index in [0.717, 1.165) is 5.56 Å². The molecule has 2 atom stereocenters. The quantitative estimate of drug-likeness (QED) is 0.765. The number of aryl methyl sites for hydroxylation is 1. The molecule has 26 heavy (non-hydrogen) atoms. The van der Waals surface area contributed by atoms with Gasteiger partial charge in [-0.2, -0.15) is 17.5 Å². The average Bonchev–Trinajstić information content (AvgIpc) is 3.01. The van der Waals surface area contributed by atoms with Crippen LogP contribution in [0.3, 0.4) is 0 Å². The van der Waals surface area contributed by atoms with Crippen LogP contribution in [0.5, 0.6) is 0 Å². The van der Waals surface area contributed by atoms with Gasteiger partial charge in [-0.3, -0.25) is 0 Å². The summed E-state index contributed by atoms with van der Waals surface area (Å²) in [6, 6.07) is 9.38. The summed E-state index contributed by atoms with van der Waals surface area (Å²) in [6.07, 6.45) is -6.24. The third-order valence-electron chi connectivity index (χ3n) is 4.10. The van der Waals surface area contributed by atoms with Crippen LogP contribution in [0.4, 0.5) is 13.2 Å². The number of alkyl halides is 3. The molecule has 0 spiro atoms. The predicted octanol–water partition coefficient (Wildman–Crippen LogP) is 4.30. The van der Waals surface area contributed by atoms with Crippen molar-refractivity contribution in [1.82, 2.24) is 4.31 Å². The summed E-state index contributed by atoms with van der Waals surface area (Å²) in [7, 11) is -4.47. The third-order valence-corrected chi connectivity index (χ3v) is 6.31. The number of sulfonamides is 1. The van der Waals surface area contributed by atoms with Crippen LogP contribution >= 0.6 is 11.6 Å². The van der Waals surface area contributed by atoms with Gasteiger partial charge in [0, 0.05) is 10.6 Å². The van der Waals surface area contributed by atoms with E-state index in [1.807, 2.05) is 0 Å². The largest absolute Gasteiger partial charge is 0.407 e. The standard InChI is InChI=1S/C17H15ClF3NO3S/c1-11-6-8-12(9-7-11)26(23,24)22-15(17(19,20)21)10-25-16(22)13-4-2-3-5-14(13)18/h2-9,15-16H,10H2,1H3/t15-,16+/m0/s1. The lowest BCUT2D eigenvalue weighted by atomic mass is 10.2. The molecule has 140 valence electrons. The van der Waals surface area contributed by atoms with Crippen molar-refractivity contribution in [2.45, 2.75) is 30.3 Å². The summed E-state index contributed by atoms with van der Waals surface area (Å²) >= 11 is 6.07. The number of hydrogen-bond donors (Lipinski definition) is 0. The molecular weight excluding hydrogens is 391 g/mol. The van der Waals surface area contributed by atoms with Crippen molar-refractivity contribution in [1.29, 1.82) is 0 Å². The van der Waals surface area contributed by atoms with Crippen molar-refractivity contribution >= 4 is 21.6 Å². The molecule has 1 fully saturated rings. The number of benzene rings is 2. The highest BCUT2D eigenvalue weighted by atomic mass is 35.5. The van der Waals surface area contributed by atoms with Gasteiger partial charge in [-0.05, 0) is 25.1 Å². The highest BCUT2D eigenvalue weighted by Gasteiger charge is 2.56. The molecule has 1 aliphatic rings. The molecule has 3 rings (SSSR count). The Bertz CT molecular complexity index is 900. The zero-order valence-electron chi connectivity index (χ0n) is 13.6. The molecule has 0 N–H and O–H groups in total. The first-order valence-corrected chi connectivity index (χ1v) is 9.47. The first kappa shape index (κ1) is 19.2. The van der Waals surface area contributed by atoms with E-state index >= 15 is 0 Å². The van der Waals surface area contributed by atoms with Gasteiger partial charge in [-0.15, -0.1) is 0 Å². The van der Waals surface area contributed by atoms with Gasteiger partial charge in [0.1, 0.15) is 6.04 Å². The van der Waals surface area contributed by atoms with Crippen LogP contribution in [0.15, 0.2) is 53.4 Å². The van der Waals surface area contributed by atoms with Crippen molar-refractivity contribution in [2.75, 3.05) is 6.61 Å². The van der Waals surface area contributed by atoms with Crippen molar-refractivity contribution in [3.63, 3.8) is 0 Å². The van der Waals surface area contributed by atoms with Gasteiger partial charge in [-0.1, -0.05) is 47.5 Å².